The lowest BCUT2D eigenvalue weighted by Gasteiger charge is -2.53. The smallest absolute Gasteiger partial charge is 0.273 e. The van der Waals surface area contributed by atoms with Crippen LogP contribution in [0.25, 0.3) is 0 Å². The summed E-state index contributed by atoms with van der Waals surface area (Å²) in [7, 11) is 0. The van der Waals surface area contributed by atoms with E-state index >= 15 is 0 Å². The predicted molar refractivity (Wildman–Crippen MR) is 109 cm³/mol. The molecule has 0 aromatic carbocycles. The first-order valence-electron chi connectivity index (χ1n) is 11.3. The van der Waals surface area contributed by atoms with Gasteiger partial charge < -0.3 is 20.5 Å². The number of aromatic nitrogens is 1. The minimum Gasteiger partial charge on any atom is -0.360 e. The summed E-state index contributed by atoms with van der Waals surface area (Å²) in [5.41, 5.74) is 6.00. The van der Waals surface area contributed by atoms with Crippen LogP contribution in [0.15, 0.2) is 10.6 Å². The maximum Gasteiger partial charge on any atom is 0.273 e. The Morgan fingerprint density at radius 2 is 1.93 bits per heavy atom. The van der Waals surface area contributed by atoms with Gasteiger partial charge in [0.2, 0.25) is 6.41 Å². The van der Waals surface area contributed by atoms with Crippen LogP contribution >= 0.6 is 0 Å². The third-order valence-electron chi connectivity index (χ3n) is 7.09. The second kappa shape index (κ2) is 8.86. The summed E-state index contributed by atoms with van der Waals surface area (Å²) in [6.45, 7) is 0.723. The highest BCUT2D eigenvalue weighted by atomic mass is 16.5. The Bertz CT molecular complexity index is 705. The van der Waals surface area contributed by atoms with Gasteiger partial charge in [-0.1, -0.05) is 24.4 Å². The molecule has 1 atom stereocenters. The molecule has 1 saturated heterocycles. The van der Waals surface area contributed by atoms with Crippen LogP contribution in [0.1, 0.15) is 99.2 Å². The highest BCUT2D eigenvalue weighted by Gasteiger charge is 2.46. The molecule has 0 radical (unpaired) electrons. The number of piperidine rings is 1. The topological polar surface area (TPSA) is 101 Å². The van der Waals surface area contributed by atoms with Gasteiger partial charge in [-0.2, -0.15) is 0 Å². The van der Waals surface area contributed by atoms with E-state index in [0.717, 1.165) is 57.2 Å². The summed E-state index contributed by atoms with van der Waals surface area (Å²) in [6.07, 6.45) is 14.8. The molecule has 7 nitrogen and oxygen atoms in total. The van der Waals surface area contributed by atoms with Gasteiger partial charge in [0.05, 0.1) is 0 Å². The number of rotatable bonds is 4. The molecule has 29 heavy (non-hydrogen) atoms. The molecule has 1 aliphatic heterocycles. The van der Waals surface area contributed by atoms with E-state index in [1.807, 2.05) is 4.90 Å². The van der Waals surface area contributed by atoms with Crippen molar-refractivity contribution in [3.63, 3.8) is 0 Å². The number of nitrogens with zero attached hydrogens (tertiary/aromatic N) is 2. The number of likely N-dealkylation sites (tertiary alicyclic amines) is 1. The van der Waals surface area contributed by atoms with Crippen molar-refractivity contribution in [2.75, 3.05) is 6.54 Å². The number of nitrogens with two attached hydrogens (primary N) is 1. The van der Waals surface area contributed by atoms with Gasteiger partial charge in [-0.05, 0) is 57.8 Å². The highest BCUT2D eigenvalue weighted by molar-refractivity contribution is 5.92. The molecule has 4 aliphatic rings. The van der Waals surface area contributed by atoms with Crippen molar-refractivity contribution in [1.29, 1.82) is 0 Å². The summed E-state index contributed by atoms with van der Waals surface area (Å²) in [5, 5.41) is 6.96. The molecule has 1 unspecified atom stereocenters. The molecule has 1 aromatic heterocycles. The summed E-state index contributed by atoms with van der Waals surface area (Å²) < 4.78 is 5.24. The van der Waals surface area contributed by atoms with Gasteiger partial charge in [0.15, 0.2) is 5.69 Å². The first-order valence-corrected chi connectivity index (χ1v) is 11.3. The Hall–Kier alpha value is -1.89. The standard InChI is InChI=1S/C16H21N3O3.C6H13N/c20-10-19-7-4-12(9-16(19)5-1-6-16)17-15(21)13-8-14(22-18-13)11-2-3-11;7-6-4-2-1-3-5-6/h8,10-12H,1-7,9H2,(H,17,21);6H,1-5,7H2. The molecule has 4 fully saturated rings. The van der Waals surface area contributed by atoms with Crippen molar-refractivity contribution < 1.29 is 14.1 Å². The Labute approximate surface area is 172 Å². The highest BCUT2D eigenvalue weighted by Crippen LogP contribution is 2.43. The molecular formula is C22H34N4O3. The lowest BCUT2D eigenvalue weighted by molar-refractivity contribution is -0.131. The SMILES string of the molecule is NC1CCCCC1.O=CN1CCC(NC(=O)c2cc(C3CC3)on2)CC12CCC2. The lowest BCUT2D eigenvalue weighted by Crippen LogP contribution is -2.61. The molecule has 3 N–H and O–H groups in total. The van der Waals surface area contributed by atoms with Gasteiger partial charge in [0.1, 0.15) is 5.76 Å². The Morgan fingerprint density at radius 3 is 2.48 bits per heavy atom. The Balaban J connectivity index is 0.000000249. The van der Waals surface area contributed by atoms with E-state index < -0.39 is 0 Å². The predicted octanol–water partition coefficient (Wildman–Crippen LogP) is 3.10. The molecule has 1 spiro atoms. The zero-order chi connectivity index (χ0) is 20.3. The van der Waals surface area contributed by atoms with Gasteiger partial charge in [-0.15, -0.1) is 0 Å². The van der Waals surface area contributed by atoms with E-state index in [4.69, 9.17) is 10.3 Å². The van der Waals surface area contributed by atoms with Crippen LogP contribution in [0.4, 0.5) is 0 Å². The first-order chi connectivity index (χ1) is 14.1. The summed E-state index contributed by atoms with van der Waals surface area (Å²) >= 11 is 0. The van der Waals surface area contributed by atoms with Crippen LogP contribution in [-0.2, 0) is 4.79 Å². The molecule has 160 valence electrons. The summed E-state index contributed by atoms with van der Waals surface area (Å²) in [5.74, 6) is 1.13. The maximum atomic E-state index is 12.3. The largest absolute Gasteiger partial charge is 0.360 e. The van der Waals surface area contributed by atoms with E-state index in [9.17, 15) is 9.59 Å². The number of hydrogen-bond donors (Lipinski definition) is 2. The number of carbonyl (C=O) groups is 2. The quantitative estimate of drug-likeness (QED) is 0.754. The molecule has 2 heterocycles. The summed E-state index contributed by atoms with van der Waals surface area (Å²) in [6, 6.07) is 2.42. The maximum absolute atomic E-state index is 12.3. The zero-order valence-corrected chi connectivity index (χ0v) is 17.3. The molecule has 1 aromatic rings. The van der Waals surface area contributed by atoms with Crippen LogP contribution in [-0.4, -0.2) is 46.5 Å². The Morgan fingerprint density at radius 1 is 1.17 bits per heavy atom. The minimum atomic E-state index is -0.158. The van der Waals surface area contributed by atoms with Crippen LogP contribution in [0.2, 0.25) is 0 Å². The average Bonchev–Trinajstić information content (AvgIpc) is 3.44. The van der Waals surface area contributed by atoms with Crippen molar-refractivity contribution in [2.45, 2.75) is 101 Å². The van der Waals surface area contributed by atoms with Crippen molar-refractivity contribution in [3.8, 4) is 0 Å². The van der Waals surface area contributed by atoms with Crippen molar-refractivity contribution in [3.05, 3.63) is 17.5 Å². The van der Waals surface area contributed by atoms with Crippen LogP contribution < -0.4 is 11.1 Å². The molecule has 3 aliphatic carbocycles. The van der Waals surface area contributed by atoms with Crippen LogP contribution in [0.5, 0.6) is 0 Å². The second-order valence-corrected chi connectivity index (χ2v) is 9.33. The van der Waals surface area contributed by atoms with Gasteiger partial charge in [-0.25, -0.2) is 0 Å². The third kappa shape index (κ3) is 4.82. The van der Waals surface area contributed by atoms with E-state index in [0.29, 0.717) is 17.7 Å². The van der Waals surface area contributed by atoms with Crippen LogP contribution in [0.3, 0.4) is 0 Å². The fourth-order valence-electron chi connectivity index (χ4n) is 4.92. The molecule has 2 amide bonds. The zero-order valence-electron chi connectivity index (χ0n) is 17.3. The second-order valence-electron chi connectivity index (χ2n) is 9.33. The van der Waals surface area contributed by atoms with Crippen molar-refractivity contribution in [2.24, 2.45) is 5.73 Å². The lowest BCUT2D eigenvalue weighted by atomic mass is 9.69. The normalized spacial score (nSPS) is 26.2. The molecular weight excluding hydrogens is 368 g/mol. The molecule has 0 bridgehead atoms. The Kier molecular flexibility index (Phi) is 6.23. The van der Waals surface area contributed by atoms with E-state index in [1.54, 1.807) is 6.07 Å². The third-order valence-corrected chi connectivity index (χ3v) is 7.09. The van der Waals surface area contributed by atoms with Gasteiger partial charge >= 0.3 is 0 Å². The number of carbonyl (C=O) groups excluding carboxylic acids is 2. The van der Waals surface area contributed by atoms with Crippen LogP contribution in [0, 0.1) is 0 Å². The van der Waals surface area contributed by atoms with Crippen molar-refractivity contribution >= 4 is 12.3 Å². The van der Waals surface area contributed by atoms with E-state index in [2.05, 4.69) is 10.5 Å². The minimum absolute atomic E-state index is 0.0130. The molecule has 5 rings (SSSR count). The van der Waals surface area contributed by atoms with Crippen molar-refractivity contribution in [1.82, 2.24) is 15.4 Å². The van der Waals surface area contributed by atoms with E-state index in [1.165, 1.54) is 38.5 Å². The number of amides is 2. The monoisotopic (exact) mass is 402 g/mol. The first kappa shape index (κ1) is 20.4. The van der Waals surface area contributed by atoms with Gasteiger partial charge in [0, 0.05) is 36.2 Å². The van der Waals surface area contributed by atoms with Gasteiger partial charge in [-0.3, -0.25) is 9.59 Å². The fraction of sp³-hybridized carbons (Fsp3) is 0.773. The molecule has 7 heteroatoms. The van der Waals surface area contributed by atoms with Gasteiger partial charge in [0.25, 0.3) is 5.91 Å². The summed E-state index contributed by atoms with van der Waals surface area (Å²) in [4.78, 5) is 25.5. The fourth-order valence-corrected chi connectivity index (χ4v) is 4.92. The average molecular weight is 403 g/mol. The number of hydrogen-bond acceptors (Lipinski definition) is 5. The van der Waals surface area contributed by atoms with E-state index in [-0.39, 0.29) is 17.5 Å². The number of nitrogens with one attached hydrogen (secondary N) is 1. The molecule has 3 saturated carbocycles.